The third-order valence-electron chi connectivity index (χ3n) is 3.35. The number of carboxylic acid groups (broad SMARTS) is 1. The standard InChI is InChI=1S/C15H10O5S/c16-15(17)13-9-5-1-3-7-11(9)14(21(18,19)20)12-8-4-2-6-10(12)13/h1-8H,(H,16,17)(H,18,19,20). The summed E-state index contributed by atoms with van der Waals surface area (Å²) in [5.41, 5.74) is 0.0219. The molecule has 0 aliphatic heterocycles. The first kappa shape index (κ1) is 13.5. The van der Waals surface area contributed by atoms with Gasteiger partial charge in [0.15, 0.2) is 0 Å². The van der Waals surface area contributed by atoms with Gasteiger partial charge in [0.25, 0.3) is 10.1 Å². The van der Waals surface area contributed by atoms with Crippen molar-refractivity contribution in [2.75, 3.05) is 0 Å². The molecular formula is C15H10O5S. The molecule has 6 heteroatoms. The topological polar surface area (TPSA) is 91.7 Å². The van der Waals surface area contributed by atoms with Crippen molar-refractivity contribution < 1.29 is 22.9 Å². The average molecular weight is 302 g/mol. The van der Waals surface area contributed by atoms with Crippen LogP contribution in [0.2, 0.25) is 0 Å². The maximum absolute atomic E-state index is 11.8. The van der Waals surface area contributed by atoms with Crippen LogP contribution in [0.3, 0.4) is 0 Å². The van der Waals surface area contributed by atoms with Crippen LogP contribution in [0.25, 0.3) is 21.5 Å². The van der Waals surface area contributed by atoms with Crippen molar-refractivity contribution in [1.82, 2.24) is 0 Å². The molecule has 0 aliphatic rings. The third kappa shape index (κ3) is 2.05. The van der Waals surface area contributed by atoms with Gasteiger partial charge in [-0.15, -0.1) is 0 Å². The second-order valence-electron chi connectivity index (χ2n) is 4.58. The third-order valence-corrected chi connectivity index (χ3v) is 4.31. The van der Waals surface area contributed by atoms with Crippen LogP contribution in [0.1, 0.15) is 10.4 Å². The Labute approximate surface area is 120 Å². The van der Waals surface area contributed by atoms with Crippen molar-refractivity contribution in [2.24, 2.45) is 0 Å². The Balaban J connectivity index is 2.75. The van der Waals surface area contributed by atoms with Gasteiger partial charge in [-0.05, 0) is 10.8 Å². The molecule has 3 rings (SSSR count). The minimum absolute atomic E-state index is 0.0219. The Hall–Kier alpha value is -2.44. The van der Waals surface area contributed by atoms with E-state index in [4.69, 9.17) is 0 Å². The fourth-order valence-electron chi connectivity index (χ4n) is 2.60. The second-order valence-corrected chi connectivity index (χ2v) is 5.93. The Kier molecular flexibility index (Phi) is 2.93. The van der Waals surface area contributed by atoms with Crippen molar-refractivity contribution in [1.29, 1.82) is 0 Å². The normalized spacial score (nSPS) is 11.9. The van der Waals surface area contributed by atoms with Crippen LogP contribution in [-0.2, 0) is 10.1 Å². The maximum Gasteiger partial charge on any atom is 0.336 e. The molecule has 0 spiro atoms. The number of carboxylic acids is 1. The van der Waals surface area contributed by atoms with Crippen molar-refractivity contribution in [3.05, 3.63) is 54.1 Å². The van der Waals surface area contributed by atoms with Gasteiger partial charge in [0.1, 0.15) is 4.90 Å². The van der Waals surface area contributed by atoms with Crippen LogP contribution < -0.4 is 0 Å². The number of hydrogen-bond donors (Lipinski definition) is 2. The van der Waals surface area contributed by atoms with Crippen molar-refractivity contribution in [3.63, 3.8) is 0 Å². The molecule has 106 valence electrons. The lowest BCUT2D eigenvalue weighted by Crippen LogP contribution is -2.05. The largest absolute Gasteiger partial charge is 0.478 e. The molecule has 3 aromatic rings. The van der Waals surface area contributed by atoms with E-state index in [9.17, 15) is 22.9 Å². The molecule has 2 N–H and O–H groups in total. The molecule has 0 aromatic heterocycles. The van der Waals surface area contributed by atoms with Gasteiger partial charge < -0.3 is 5.11 Å². The van der Waals surface area contributed by atoms with E-state index in [1.54, 1.807) is 24.3 Å². The van der Waals surface area contributed by atoms with Gasteiger partial charge in [-0.25, -0.2) is 4.79 Å². The van der Waals surface area contributed by atoms with Crippen LogP contribution >= 0.6 is 0 Å². The maximum atomic E-state index is 11.8. The summed E-state index contributed by atoms with van der Waals surface area (Å²) in [6.45, 7) is 0. The lowest BCUT2D eigenvalue weighted by atomic mass is 9.97. The summed E-state index contributed by atoms with van der Waals surface area (Å²) < 4.78 is 33.0. The molecule has 0 saturated heterocycles. The second kappa shape index (κ2) is 4.54. The zero-order valence-corrected chi connectivity index (χ0v) is 11.5. The molecular weight excluding hydrogens is 292 g/mol. The van der Waals surface area contributed by atoms with Gasteiger partial charge in [0.2, 0.25) is 0 Å². The molecule has 5 nitrogen and oxygen atoms in total. The lowest BCUT2D eigenvalue weighted by molar-refractivity contribution is 0.0701. The molecule has 0 bridgehead atoms. The summed E-state index contributed by atoms with van der Waals surface area (Å²) >= 11 is 0. The summed E-state index contributed by atoms with van der Waals surface area (Å²) in [5.74, 6) is -1.15. The summed E-state index contributed by atoms with van der Waals surface area (Å²) in [5, 5.41) is 10.4. The monoisotopic (exact) mass is 302 g/mol. The van der Waals surface area contributed by atoms with Gasteiger partial charge in [-0.3, -0.25) is 4.55 Å². The highest BCUT2D eigenvalue weighted by Gasteiger charge is 2.23. The van der Waals surface area contributed by atoms with Gasteiger partial charge in [0, 0.05) is 10.8 Å². The van der Waals surface area contributed by atoms with E-state index in [2.05, 4.69) is 0 Å². The zero-order valence-electron chi connectivity index (χ0n) is 10.6. The fourth-order valence-corrected chi connectivity index (χ4v) is 3.51. The van der Waals surface area contributed by atoms with E-state index in [0.717, 1.165) is 0 Å². The first-order valence-corrected chi connectivity index (χ1v) is 7.49. The van der Waals surface area contributed by atoms with E-state index < -0.39 is 16.1 Å². The quantitative estimate of drug-likeness (QED) is 0.561. The van der Waals surface area contributed by atoms with Crippen LogP contribution in [0.15, 0.2) is 53.4 Å². The number of aromatic carboxylic acids is 1. The molecule has 21 heavy (non-hydrogen) atoms. The van der Waals surface area contributed by atoms with Gasteiger partial charge in [-0.1, -0.05) is 48.5 Å². The highest BCUT2D eigenvalue weighted by atomic mass is 32.2. The Bertz CT molecular complexity index is 933. The van der Waals surface area contributed by atoms with Crippen LogP contribution in [-0.4, -0.2) is 24.0 Å². The summed E-state index contributed by atoms with van der Waals surface area (Å²) in [6, 6.07) is 12.5. The van der Waals surface area contributed by atoms with Crippen molar-refractivity contribution in [2.45, 2.75) is 4.90 Å². The Morgan fingerprint density at radius 2 is 1.19 bits per heavy atom. The number of rotatable bonds is 2. The SMILES string of the molecule is O=C(O)c1c2ccccc2c(S(=O)(=O)O)c2ccccc12. The highest BCUT2D eigenvalue weighted by Crippen LogP contribution is 2.35. The lowest BCUT2D eigenvalue weighted by Gasteiger charge is -2.12. The Morgan fingerprint density at radius 1 is 0.810 bits per heavy atom. The molecule has 0 heterocycles. The highest BCUT2D eigenvalue weighted by molar-refractivity contribution is 7.86. The number of benzene rings is 3. The fraction of sp³-hybridized carbons (Fsp3) is 0. The van der Waals surface area contributed by atoms with E-state index in [1.165, 1.54) is 24.3 Å². The minimum Gasteiger partial charge on any atom is -0.478 e. The predicted molar refractivity (Wildman–Crippen MR) is 78.2 cm³/mol. The van der Waals surface area contributed by atoms with Crippen molar-refractivity contribution >= 4 is 37.6 Å². The molecule has 0 fully saturated rings. The summed E-state index contributed by atoms with van der Waals surface area (Å²) in [6.07, 6.45) is 0. The van der Waals surface area contributed by atoms with Gasteiger partial charge in [-0.2, -0.15) is 8.42 Å². The van der Waals surface area contributed by atoms with Gasteiger partial charge >= 0.3 is 5.97 Å². The molecule has 3 aromatic carbocycles. The number of carbonyl (C=O) groups is 1. The molecule has 0 amide bonds. The van der Waals surface area contributed by atoms with E-state index in [1.807, 2.05) is 0 Å². The van der Waals surface area contributed by atoms with E-state index in [0.29, 0.717) is 0 Å². The molecule has 0 radical (unpaired) electrons. The van der Waals surface area contributed by atoms with E-state index >= 15 is 0 Å². The van der Waals surface area contributed by atoms with Gasteiger partial charge in [0.05, 0.1) is 5.56 Å². The predicted octanol–water partition coefficient (Wildman–Crippen LogP) is 2.94. The first-order valence-electron chi connectivity index (χ1n) is 6.05. The first-order chi connectivity index (χ1) is 9.91. The van der Waals surface area contributed by atoms with Crippen LogP contribution in [0.5, 0.6) is 0 Å². The molecule has 0 saturated carbocycles. The summed E-state index contributed by atoms with van der Waals surface area (Å²) in [7, 11) is -4.49. The average Bonchev–Trinajstić information content (AvgIpc) is 2.42. The molecule has 0 aliphatic carbocycles. The minimum atomic E-state index is -4.49. The molecule has 0 atom stereocenters. The van der Waals surface area contributed by atoms with Crippen LogP contribution in [0.4, 0.5) is 0 Å². The zero-order chi connectivity index (χ0) is 15.2. The van der Waals surface area contributed by atoms with Crippen LogP contribution in [0, 0.1) is 0 Å². The Morgan fingerprint density at radius 3 is 1.52 bits per heavy atom. The van der Waals surface area contributed by atoms with E-state index in [-0.39, 0.29) is 32.0 Å². The number of fused-ring (bicyclic) bond motifs is 2. The smallest absolute Gasteiger partial charge is 0.336 e. The summed E-state index contributed by atoms with van der Waals surface area (Å²) in [4.78, 5) is 11.3. The molecule has 0 unspecified atom stereocenters. The number of hydrogen-bond acceptors (Lipinski definition) is 3. The van der Waals surface area contributed by atoms with Crippen molar-refractivity contribution in [3.8, 4) is 0 Å².